The van der Waals surface area contributed by atoms with E-state index in [1.807, 2.05) is 30.3 Å². The molecule has 0 spiro atoms. The molecular formula is C12H11BrN2O. The van der Waals surface area contributed by atoms with E-state index in [0.717, 1.165) is 15.8 Å². The fourth-order valence-electron chi connectivity index (χ4n) is 1.28. The third-order valence-electron chi connectivity index (χ3n) is 2.14. The Labute approximate surface area is 102 Å². The smallest absolute Gasteiger partial charge is 0.136 e. The van der Waals surface area contributed by atoms with Gasteiger partial charge >= 0.3 is 0 Å². The van der Waals surface area contributed by atoms with E-state index in [9.17, 15) is 0 Å². The number of anilines is 1. The Morgan fingerprint density at radius 1 is 1.19 bits per heavy atom. The molecule has 0 saturated heterocycles. The number of benzene rings is 1. The third-order valence-corrected chi connectivity index (χ3v) is 2.99. The third kappa shape index (κ3) is 2.52. The summed E-state index contributed by atoms with van der Waals surface area (Å²) >= 11 is 3.39. The van der Waals surface area contributed by atoms with Gasteiger partial charge in [0.1, 0.15) is 12.4 Å². The predicted octanol–water partition coefficient (Wildman–Crippen LogP) is 3.01. The second-order valence-electron chi connectivity index (χ2n) is 3.30. The molecule has 1 aromatic heterocycles. The first-order valence-corrected chi connectivity index (χ1v) is 5.62. The Kier molecular flexibility index (Phi) is 3.41. The molecule has 16 heavy (non-hydrogen) atoms. The summed E-state index contributed by atoms with van der Waals surface area (Å²) in [4.78, 5) is 3.95. The van der Waals surface area contributed by atoms with Gasteiger partial charge in [-0.15, -0.1) is 0 Å². The zero-order valence-electron chi connectivity index (χ0n) is 8.56. The molecule has 2 N–H and O–H groups in total. The largest absolute Gasteiger partial charge is 0.488 e. The fraction of sp³-hybridized carbons (Fsp3) is 0.0833. The maximum Gasteiger partial charge on any atom is 0.136 e. The molecule has 0 aliphatic rings. The quantitative estimate of drug-likeness (QED) is 0.878. The Bertz CT molecular complexity index is 474. The van der Waals surface area contributed by atoms with Gasteiger partial charge < -0.3 is 10.5 Å². The number of ether oxygens (including phenoxy) is 1. The van der Waals surface area contributed by atoms with Crippen LogP contribution in [0.2, 0.25) is 0 Å². The van der Waals surface area contributed by atoms with Crippen molar-refractivity contribution in [1.82, 2.24) is 4.98 Å². The average molecular weight is 279 g/mol. The minimum atomic E-state index is 0.505. The highest BCUT2D eigenvalue weighted by Crippen LogP contribution is 2.30. The number of nitrogens with zero attached hydrogens (tertiary/aromatic N) is 1. The van der Waals surface area contributed by atoms with E-state index in [-0.39, 0.29) is 0 Å². The van der Waals surface area contributed by atoms with Crippen LogP contribution in [0.25, 0.3) is 0 Å². The Hall–Kier alpha value is -1.55. The minimum Gasteiger partial charge on any atom is -0.488 e. The van der Waals surface area contributed by atoms with Crippen LogP contribution >= 0.6 is 15.9 Å². The van der Waals surface area contributed by atoms with Crippen molar-refractivity contribution in [2.24, 2.45) is 0 Å². The fourth-order valence-corrected chi connectivity index (χ4v) is 1.66. The maximum absolute atomic E-state index is 5.75. The van der Waals surface area contributed by atoms with E-state index in [1.54, 1.807) is 12.4 Å². The number of hydrogen-bond acceptors (Lipinski definition) is 3. The lowest BCUT2D eigenvalue weighted by Crippen LogP contribution is -1.97. The van der Waals surface area contributed by atoms with E-state index in [1.165, 1.54) is 0 Å². The first-order valence-electron chi connectivity index (χ1n) is 4.83. The van der Waals surface area contributed by atoms with Gasteiger partial charge in [0.05, 0.1) is 4.47 Å². The SMILES string of the molecule is Nc1cccc(OCc2ccncc2)c1Br. The lowest BCUT2D eigenvalue weighted by molar-refractivity contribution is 0.304. The molecule has 0 radical (unpaired) electrons. The minimum absolute atomic E-state index is 0.505. The van der Waals surface area contributed by atoms with Gasteiger partial charge in [0.2, 0.25) is 0 Å². The van der Waals surface area contributed by atoms with Crippen LogP contribution in [-0.4, -0.2) is 4.98 Å². The van der Waals surface area contributed by atoms with Gasteiger partial charge in [-0.2, -0.15) is 0 Å². The molecule has 1 heterocycles. The number of aromatic nitrogens is 1. The average Bonchev–Trinajstić information content (AvgIpc) is 2.32. The first-order chi connectivity index (χ1) is 7.77. The summed E-state index contributed by atoms with van der Waals surface area (Å²) in [6.07, 6.45) is 3.49. The molecule has 2 rings (SSSR count). The van der Waals surface area contributed by atoms with Gasteiger partial charge in [0, 0.05) is 18.1 Å². The van der Waals surface area contributed by atoms with Crippen molar-refractivity contribution in [2.45, 2.75) is 6.61 Å². The zero-order valence-corrected chi connectivity index (χ0v) is 10.1. The summed E-state index contributed by atoms with van der Waals surface area (Å²) in [7, 11) is 0. The van der Waals surface area contributed by atoms with Gasteiger partial charge in [-0.3, -0.25) is 4.98 Å². The predicted molar refractivity (Wildman–Crippen MR) is 67.1 cm³/mol. The lowest BCUT2D eigenvalue weighted by atomic mass is 10.3. The number of pyridine rings is 1. The van der Waals surface area contributed by atoms with E-state index in [4.69, 9.17) is 10.5 Å². The zero-order chi connectivity index (χ0) is 11.4. The van der Waals surface area contributed by atoms with Gasteiger partial charge in [0.25, 0.3) is 0 Å². The second-order valence-corrected chi connectivity index (χ2v) is 4.10. The van der Waals surface area contributed by atoms with Crippen molar-refractivity contribution in [3.05, 3.63) is 52.8 Å². The Balaban J connectivity index is 2.08. The van der Waals surface area contributed by atoms with Crippen LogP contribution in [0.15, 0.2) is 47.2 Å². The van der Waals surface area contributed by atoms with Gasteiger partial charge in [-0.05, 0) is 45.8 Å². The molecule has 82 valence electrons. The molecule has 0 saturated carbocycles. The molecule has 0 fully saturated rings. The van der Waals surface area contributed by atoms with Gasteiger partial charge in [-0.1, -0.05) is 6.07 Å². The molecule has 0 atom stereocenters. The summed E-state index contributed by atoms with van der Waals surface area (Å²) in [5, 5.41) is 0. The van der Waals surface area contributed by atoms with Crippen LogP contribution in [0.4, 0.5) is 5.69 Å². The van der Waals surface area contributed by atoms with Crippen molar-refractivity contribution >= 4 is 21.6 Å². The van der Waals surface area contributed by atoms with Crippen LogP contribution in [0.1, 0.15) is 5.56 Å². The molecule has 4 heteroatoms. The number of hydrogen-bond donors (Lipinski definition) is 1. The van der Waals surface area contributed by atoms with Crippen molar-refractivity contribution in [1.29, 1.82) is 0 Å². The highest BCUT2D eigenvalue weighted by atomic mass is 79.9. The van der Waals surface area contributed by atoms with Crippen molar-refractivity contribution in [3.8, 4) is 5.75 Å². The van der Waals surface area contributed by atoms with Gasteiger partial charge in [-0.25, -0.2) is 0 Å². The summed E-state index contributed by atoms with van der Waals surface area (Å²) < 4.78 is 6.44. The molecule has 2 aromatic rings. The second kappa shape index (κ2) is 4.99. The Morgan fingerprint density at radius 2 is 1.94 bits per heavy atom. The topological polar surface area (TPSA) is 48.1 Å². The van der Waals surface area contributed by atoms with Crippen LogP contribution in [0.5, 0.6) is 5.75 Å². The molecule has 3 nitrogen and oxygen atoms in total. The number of nitrogen functional groups attached to an aromatic ring is 1. The number of nitrogens with two attached hydrogens (primary N) is 1. The molecule has 0 bridgehead atoms. The Morgan fingerprint density at radius 3 is 2.69 bits per heavy atom. The molecule has 0 aliphatic heterocycles. The summed E-state index contributed by atoms with van der Waals surface area (Å²) in [5.41, 5.74) is 7.50. The van der Waals surface area contributed by atoms with Crippen molar-refractivity contribution < 1.29 is 4.74 Å². The standard InChI is InChI=1S/C12H11BrN2O/c13-12-10(14)2-1-3-11(12)16-8-9-4-6-15-7-5-9/h1-7H,8,14H2. The normalized spacial score (nSPS) is 10.1. The van der Waals surface area contributed by atoms with Crippen LogP contribution in [-0.2, 0) is 6.61 Å². The molecule has 1 aromatic carbocycles. The van der Waals surface area contributed by atoms with E-state index in [2.05, 4.69) is 20.9 Å². The monoisotopic (exact) mass is 278 g/mol. The number of halogens is 1. The van der Waals surface area contributed by atoms with E-state index >= 15 is 0 Å². The van der Waals surface area contributed by atoms with Crippen LogP contribution < -0.4 is 10.5 Å². The summed E-state index contributed by atoms with van der Waals surface area (Å²) in [6.45, 7) is 0.505. The highest BCUT2D eigenvalue weighted by molar-refractivity contribution is 9.10. The van der Waals surface area contributed by atoms with Crippen LogP contribution in [0, 0.1) is 0 Å². The van der Waals surface area contributed by atoms with Crippen LogP contribution in [0.3, 0.4) is 0 Å². The molecular weight excluding hydrogens is 268 g/mol. The first kappa shape index (κ1) is 11.0. The van der Waals surface area contributed by atoms with Crippen molar-refractivity contribution in [3.63, 3.8) is 0 Å². The molecule has 0 aliphatic carbocycles. The summed E-state index contributed by atoms with van der Waals surface area (Å²) in [6, 6.07) is 9.40. The maximum atomic E-state index is 5.75. The van der Waals surface area contributed by atoms with E-state index < -0.39 is 0 Å². The van der Waals surface area contributed by atoms with Gasteiger partial charge in [0.15, 0.2) is 0 Å². The summed E-state index contributed by atoms with van der Waals surface area (Å²) in [5.74, 6) is 0.747. The van der Waals surface area contributed by atoms with E-state index in [0.29, 0.717) is 12.3 Å². The molecule has 0 unspecified atom stereocenters. The lowest BCUT2D eigenvalue weighted by Gasteiger charge is -2.09. The number of rotatable bonds is 3. The highest BCUT2D eigenvalue weighted by Gasteiger charge is 2.03. The van der Waals surface area contributed by atoms with Crippen molar-refractivity contribution in [2.75, 3.05) is 5.73 Å². The molecule has 0 amide bonds.